The van der Waals surface area contributed by atoms with Gasteiger partial charge in [-0.05, 0) is 18.4 Å². The minimum atomic E-state index is -0.958. The molecule has 0 saturated heterocycles. The van der Waals surface area contributed by atoms with Crippen molar-refractivity contribution >= 4 is 5.97 Å². The van der Waals surface area contributed by atoms with Gasteiger partial charge in [0.2, 0.25) is 0 Å². The van der Waals surface area contributed by atoms with E-state index in [-0.39, 0.29) is 11.1 Å². The second-order valence-electron chi connectivity index (χ2n) is 5.11. The molecule has 4 nitrogen and oxygen atoms in total. The molecule has 98 valence electrons. The number of carboxylic acid groups (broad SMARTS) is 1. The molecule has 0 bridgehead atoms. The summed E-state index contributed by atoms with van der Waals surface area (Å²) in [6.45, 7) is 0. The van der Waals surface area contributed by atoms with E-state index < -0.39 is 5.97 Å². The van der Waals surface area contributed by atoms with Gasteiger partial charge in [-0.1, -0.05) is 43.2 Å². The van der Waals surface area contributed by atoms with E-state index in [0.29, 0.717) is 0 Å². The van der Waals surface area contributed by atoms with Crippen molar-refractivity contribution in [3.63, 3.8) is 0 Å². The van der Waals surface area contributed by atoms with Crippen LogP contribution in [0.15, 0.2) is 36.5 Å². The zero-order valence-electron chi connectivity index (χ0n) is 10.6. The number of hydrogen-bond donors (Lipinski definition) is 2. The first kappa shape index (κ1) is 12.0. The molecule has 4 heteroatoms. The lowest BCUT2D eigenvalue weighted by Gasteiger charge is -2.27. The molecular formula is C15H16N2O2. The van der Waals surface area contributed by atoms with E-state index in [2.05, 4.69) is 22.1 Å². The number of benzene rings is 1. The first-order valence-corrected chi connectivity index (χ1v) is 6.57. The van der Waals surface area contributed by atoms with Crippen LogP contribution in [0.3, 0.4) is 0 Å². The molecule has 1 aromatic heterocycles. The molecule has 1 aliphatic rings. The molecule has 0 atom stereocenters. The number of aromatic carboxylic acids is 1. The summed E-state index contributed by atoms with van der Waals surface area (Å²) in [5.41, 5.74) is 1.24. The molecule has 0 radical (unpaired) electrons. The van der Waals surface area contributed by atoms with Crippen LogP contribution in [0.25, 0.3) is 0 Å². The zero-order valence-corrected chi connectivity index (χ0v) is 10.6. The van der Waals surface area contributed by atoms with Gasteiger partial charge in [0.05, 0.1) is 11.6 Å². The number of rotatable bonds is 3. The van der Waals surface area contributed by atoms with Crippen LogP contribution in [0.2, 0.25) is 0 Å². The fourth-order valence-electron chi connectivity index (χ4n) is 3.07. The SMILES string of the molecule is O=C(O)c1cnc(C2(c3ccccc3)CCCC2)[nH]1. The molecule has 1 saturated carbocycles. The van der Waals surface area contributed by atoms with Crippen molar-refractivity contribution in [2.75, 3.05) is 0 Å². The van der Waals surface area contributed by atoms with Crippen LogP contribution in [0.1, 0.15) is 47.6 Å². The van der Waals surface area contributed by atoms with Crippen LogP contribution in [0, 0.1) is 0 Å². The number of nitrogens with zero attached hydrogens (tertiary/aromatic N) is 1. The maximum Gasteiger partial charge on any atom is 0.353 e. The maximum atomic E-state index is 11.0. The van der Waals surface area contributed by atoms with Crippen LogP contribution in [-0.2, 0) is 5.41 Å². The maximum absolute atomic E-state index is 11.0. The van der Waals surface area contributed by atoms with Gasteiger partial charge in [-0.2, -0.15) is 0 Å². The second-order valence-corrected chi connectivity index (χ2v) is 5.11. The minimum Gasteiger partial charge on any atom is -0.477 e. The Morgan fingerprint density at radius 1 is 1.21 bits per heavy atom. The number of imidazole rings is 1. The summed E-state index contributed by atoms with van der Waals surface area (Å²) in [5, 5.41) is 9.02. The Labute approximate surface area is 111 Å². The van der Waals surface area contributed by atoms with Gasteiger partial charge in [0.25, 0.3) is 0 Å². The predicted molar refractivity (Wildman–Crippen MR) is 71.2 cm³/mol. The molecule has 2 aromatic rings. The van der Waals surface area contributed by atoms with Crippen molar-refractivity contribution in [2.45, 2.75) is 31.1 Å². The normalized spacial score (nSPS) is 17.5. The van der Waals surface area contributed by atoms with Crippen LogP contribution < -0.4 is 0 Å². The van der Waals surface area contributed by atoms with E-state index >= 15 is 0 Å². The number of nitrogens with one attached hydrogen (secondary N) is 1. The third kappa shape index (κ3) is 1.93. The molecule has 0 amide bonds. The van der Waals surface area contributed by atoms with E-state index in [1.54, 1.807) is 0 Å². The van der Waals surface area contributed by atoms with Gasteiger partial charge in [-0.3, -0.25) is 0 Å². The lowest BCUT2D eigenvalue weighted by Crippen LogP contribution is -2.25. The van der Waals surface area contributed by atoms with E-state index in [1.165, 1.54) is 11.8 Å². The van der Waals surface area contributed by atoms with Gasteiger partial charge in [-0.25, -0.2) is 9.78 Å². The van der Waals surface area contributed by atoms with E-state index in [1.807, 2.05) is 18.2 Å². The first-order valence-electron chi connectivity index (χ1n) is 6.57. The fraction of sp³-hybridized carbons (Fsp3) is 0.333. The van der Waals surface area contributed by atoms with Crippen LogP contribution in [-0.4, -0.2) is 21.0 Å². The summed E-state index contributed by atoms with van der Waals surface area (Å²) in [5.74, 6) is -0.173. The van der Waals surface area contributed by atoms with E-state index in [0.717, 1.165) is 31.5 Å². The monoisotopic (exact) mass is 256 g/mol. The second kappa shape index (κ2) is 4.53. The van der Waals surface area contributed by atoms with Gasteiger partial charge in [-0.15, -0.1) is 0 Å². The average molecular weight is 256 g/mol. The zero-order chi connectivity index (χ0) is 13.3. The topological polar surface area (TPSA) is 66.0 Å². The number of H-pyrrole nitrogens is 1. The predicted octanol–water partition coefficient (Wildman–Crippen LogP) is 2.97. The molecule has 0 spiro atoms. The van der Waals surface area contributed by atoms with Gasteiger partial charge in [0, 0.05) is 0 Å². The Balaban J connectivity index is 2.08. The molecule has 1 fully saturated rings. The van der Waals surface area contributed by atoms with Gasteiger partial charge < -0.3 is 10.1 Å². The third-order valence-electron chi connectivity index (χ3n) is 4.04. The Morgan fingerprint density at radius 2 is 1.89 bits per heavy atom. The number of carbonyl (C=O) groups is 1. The quantitative estimate of drug-likeness (QED) is 0.887. The van der Waals surface area contributed by atoms with Crippen molar-refractivity contribution in [1.29, 1.82) is 0 Å². The van der Waals surface area contributed by atoms with Crippen molar-refractivity contribution in [1.82, 2.24) is 9.97 Å². The van der Waals surface area contributed by atoms with Gasteiger partial charge in [0.15, 0.2) is 0 Å². The highest BCUT2D eigenvalue weighted by Gasteiger charge is 2.40. The summed E-state index contributed by atoms with van der Waals surface area (Å²) in [6.07, 6.45) is 5.75. The average Bonchev–Trinajstić information content (AvgIpc) is 3.09. The lowest BCUT2D eigenvalue weighted by atomic mass is 9.78. The van der Waals surface area contributed by atoms with Crippen molar-refractivity contribution < 1.29 is 9.90 Å². The highest BCUT2D eigenvalue weighted by atomic mass is 16.4. The molecule has 1 heterocycles. The Hall–Kier alpha value is -2.10. The van der Waals surface area contributed by atoms with Crippen LogP contribution >= 0.6 is 0 Å². The number of aromatic amines is 1. The summed E-state index contributed by atoms with van der Waals surface area (Å²) in [7, 11) is 0. The van der Waals surface area contributed by atoms with Crippen molar-refractivity contribution in [2.24, 2.45) is 0 Å². The first-order chi connectivity index (χ1) is 9.22. The Kier molecular flexibility index (Phi) is 2.85. The smallest absolute Gasteiger partial charge is 0.353 e. The molecule has 0 aliphatic heterocycles. The highest BCUT2D eigenvalue weighted by molar-refractivity contribution is 5.85. The van der Waals surface area contributed by atoms with Gasteiger partial charge in [0.1, 0.15) is 11.5 Å². The third-order valence-corrected chi connectivity index (χ3v) is 4.04. The number of aromatic nitrogens is 2. The molecule has 2 N–H and O–H groups in total. The Morgan fingerprint density at radius 3 is 2.47 bits per heavy atom. The molecule has 1 aliphatic carbocycles. The fourth-order valence-corrected chi connectivity index (χ4v) is 3.07. The van der Waals surface area contributed by atoms with Crippen LogP contribution in [0.5, 0.6) is 0 Å². The Bertz CT molecular complexity index is 583. The summed E-state index contributed by atoms with van der Waals surface area (Å²) in [6, 6.07) is 10.3. The standard InChI is InChI=1S/C15H16N2O2/c18-13(19)12-10-16-14(17-12)15(8-4-5-9-15)11-6-2-1-3-7-11/h1-3,6-7,10H,4-5,8-9H2,(H,16,17)(H,18,19). The molecule has 1 aromatic carbocycles. The highest BCUT2D eigenvalue weighted by Crippen LogP contribution is 2.44. The molecule has 19 heavy (non-hydrogen) atoms. The largest absolute Gasteiger partial charge is 0.477 e. The van der Waals surface area contributed by atoms with E-state index in [9.17, 15) is 4.79 Å². The number of hydrogen-bond acceptors (Lipinski definition) is 2. The van der Waals surface area contributed by atoms with E-state index in [4.69, 9.17) is 5.11 Å². The molecule has 0 unspecified atom stereocenters. The minimum absolute atomic E-state index is 0.144. The number of carboxylic acids is 1. The summed E-state index contributed by atoms with van der Waals surface area (Å²) in [4.78, 5) is 18.3. The molecular weight excluding hydrogens is 240 g/mol. The van der Waals surface area contributed by atoms with Gasteiger partial charge >= 0.3 is 5.97 Å². The molecule has 3 rings (SSSR count). The van der Waals surface area contributed by atoms with Crippen molar-refractivity contribution in [3.05, 3.63) is 53.6 Å². The summed E-state index contributed by atoms with van der Waals surface area (Å²) >= 11 is 0. The lowest BCUT2D eigenvalue weighted by molar-refractivity contribution is 0.0691. The van der Waals surface area contributed by atoms with Crippen molar-refractivity contribution in [3.8, 4) is 0 Å². The van der Waals surface area contributed by atoms with Crippen LogP contribution in [0.4, 0.5) is 0 Å². The summed E-state index contributed by atoms with van der Waals surface area (Å²) < 4.78 is 0.